The first-order valence-corrected chi connectivity index (χ1v) is 8.42. The van der Waals surface area contributed by atoms with Crippen molar-refractivity contribution in [2.45, 2.75) is 58.5 Å². The maximum absolute atomic E-state index is 12.4. The van der Waals surface area contributed by atoms with Crippen LogP contribution in [0.2, 0.25) is 0 Å². The first-order valence-electron chi connectivity index (χ1n) is 8.42. The van der Waals surface area contributed by atoms with Gasteiger partial charge in [-0.05, 0) is 46.1 Å². The predicted molar refractivity (Wildman–Crippen MR) is 91.9 cm³/mol. The SMILES string of the molecule is C[C@H](CCc1ccccc1)NC(=O)[C@@H]1CC(=O)N(C(C)(C)C)C1. The lowest BCUT2D eigenvalue weighted by Gasteiger charge is -2.32. The number of likely N-dealkylation sites (tertiary alicyclic amines) is 1. The van der Waals surface area contributed by atoms with Crippen molar-refractivity contribution in [1.29, 1.82) is 0 Å². The molecule has 0 radical (unpaired) electrons. The normalized spacial score (nSPS) is 19.7. The first kappa shape index (κ1) is 17.5. The minimum atomic E-state index is -0.221. The van der Waals surface area contributed by atoms with E-state index >= 15 is 0 Å². The Hall–Kier alpha value is -1.84. The first-order chi connectivity index (χ1) is 10.8. The molecular formula is C19H28N2O2. The molecule has 0 saturated carbocycles. The van der Waals surface area contributed by atoms with Gasteiger partial charge in [-0.15, -0.1) is 0 Å². The van der Waals surface area contributed by atoms with Gasteiger partial charge in [0, 0.05) is 24.5 Å². The molecule has 0 aliphatic carbocycles. The molecule has 0 aromatic heterocycles. The summed E-state index contributed by atoms with van der Waals surface area (Å²) in [6.45, 7) is 8.58. The van der Waals surface area contributed by atoms with Gasteiger partial charge in [-0.2, -0.15) is 0 Å². The van der Waals surface area contributed by atoms with E-state index in [0.717, 1.165) is 12.8 Å². The number of carbonyl (C=O) groups is 2. The van der Waals surface area contributed by atoms with Crippen molar-refractivity contribution in [2.75, 3.05) is 6.54 Å². The third kappa shape index (κ3) is 4.81. The van der Waals surface area contributed by atoms with Crippen LogP contribution < -0.4 is 5.32 Å². The molecule has 2 rings (SSSR count). The molecule has 0 unspecified atom stereocenters. The second-order valence-electron chi connectivity index (χ2n) is 7.51. The number of rotatable bonds is 5. The molecule has 1 heterocycles. The highest BCUT2D eigenvalue weighted by molar-refractivity contribution is 5.89. The Morgan fingerprint density at radius 2 is 1.96 bits per heavy atom. The van der Waals surface area contributed by atoms with Crippen molar-refractivity contribution >= 4 is 11.8 Å². The van der Waals surface area contributed by atoms with Crippen LogP contribution in [0.25, 0.3) is 0 Å². The molecule has 1 saturated heterocycles. The van der Waals surface area contributed by atoms with Crippen LogP contribution in [0.1, 0.15) is 46.1 Å². The van der Waals surface area contributed by atoms with Gasteiger partial charge in [-0.1, -0.05) is 30.3 Å². The van der Waals surface area contributed by atoms with Crippen molar-refractivity contribution in [3.8, 4) is 0 Å². The molecule has 1 fully saturated rings. The average Bonchev–Trinajstić information content (AvgIpc) is 2.88. The second kappa shape index (κ2) is 7.16. The van der Waals surface area contributed by atoms with Gasteiger partial charge in [0.25, 0.3) is 0 Å². The summed E-state index contributed by atoms with van der Waals surface area (Å²) in [6.07, 6.45) is 2.17. The summed E-state index contributed by atoms with van der Waals surface area (Å²) in [5, 5.41) is 3.07. The molecular weight excluding hydrogens is 288 g/mol. The molecule has 1 aliphatic rings. The maximum atomic E-state index is 12.4. The highest BCUT2D eigenvalue weighted by Crippen LogP contribution is 2.26. The van der Waals surface area contributed by atoms with Gasteiger partial charge in [-0.3, -0.25) is 9.59 Å². The van der Waals surface area contributed by atoms with Gasteiger partial charge in [-0.25, -0.2) is 0 Å². The Kier molecular flexibility index (Phi) is 5.45. The Morgan fingerprint density at radius 1 is 1.30 bits per heavy atom. The Bertz CT molecular complexity index is 548. The van der Waals surface area contributed by atoms with E-state index in [1.165, 1.54) is 5.56 Å². The molecule has 23 heavy (non-hydrogen) atoms. The number of aryl methyl sites for hydroxylation is 1. The summed E-state index contributed by atoms with van der Waals surface area (Å²) in [7, 11) is 0. The van der Waals surface area contributed by atoms with Gasteiger partial charge >= 0.3 is 0 Å². The van der Waals surface area contributed by atoms with Crippen molar-refractivity contribution in [1.82, 2.24) is 10.2 Å². The Morgan fingerprint density at radius 3 is 2.52 bits per heavy atom. The van der Waals surface area contributed by atoms with Gasteiger partial charge in [0.1, 0.15) is 0 Å². The number of hydrogen-bond acceptors (Lipinski definition) is 2. The molecule has 4 nitrogen and oxygen atoms in total. The summed E-state index contributed by atoms with van der Waals surface area (Å²) < 4.78 is 0. The second-order valence-corrected chi connectivity index (χ2v) is 7.51. The van der Waals surface area contributed by atoms with Crippen LogP contribution in [0.4, 0.5) is 0 Å². The van der Waals surface area contributed by atoms with Gasteiger partial charge < -0.3 is 10.2 Å². The summed E-state index contributed by atoms with van der Waals surface area (Å²) in [6, 6.07) is 10.4. The highest BCUT2D eigenvalue weighted by atomic mass is 16.2. The lowest BCUT2D eigenvalue weighted by molar-refractivity contribution is -0.132. The van der Waals surface area contributed by atoms with Crippen LogP contribution in [-0.2, 0) is 16.0 Å². The lowest BCUT2D eigenvalue weighted by atomic mass is 10.0. The van der Waals surface area contributed by atoms with Gasteiger partial charge in [0.2, 0.25) is 11.8 Å². The molecule has 4 heteroatoms. The monoisotopic (exact) mass is 316 g/mol. The van der Waals surface area contributed by atoms with E-state index < -0.39 is 0 Å². The van der Waals surface area contributed by atoms with Crippen LogP contribution in [0.15, 0.2) is 30.3 Å². The average molecular weight is 316 g/mol. The van der Waals surface area contributed by atoms with Crippen molar-refractivity contribution in [2.24, 2.45) is 5.92 Å². The zero-order chi connectivity index (χ0) is 17.0. The summed E-state index contributed by atoms with van der Waals surface area (Å²) in [5.41, 5.74) is 1.06. The Balaban J connectivity index is 1.81. The fourth-order valence-electron chi connectivity index (χ4n) is 2.99. The smallest absolute Gasteiger partial charge is 0.225 e. The molecule has 1 N–H and O–H groups in total. The molecule has 0 bridgehead atoms. The standard InChI is InChI=1S/C19H28N2O2/c1-14(10-11-15-8-6-5-7-9-15)20-18(23)16-12-17(22)21(13-16)19(2,3)4/h5-9,14,16H,10-13H2,1-4H3,(H,20,23)/t14-,16-/m1/s1. The summed E-state index contributed by atoms with van der Waals surface area (Å²) >= 11 is 0. The predicted octanol–water partition coefficient (Wildman–Crippen LogP) is 2.77. The van der Waals surface area contributed by atoms with Crippen LogP contribution in [0, 0.1) is 5.92 Å². The zero-order valence-electron chi connectivity index (χ0n) is 14.6. The summed E-state index contributed by atoms with van der Waals surface area (Å²) in [4.78, 5) is 26.3. The Labute approximate surface area is 139 Å². The van der Waals surface area contributed by atoms with Crippen LogP contribution in [0.5, 0.6) is 0 Å². The maximum Gasteiger partial charge on any atom is 0.225 e. The number of amides is 2. The number of carbonyl (C=O) groups excluding carboxylic acids is 2. The molecule has 2 amide bonds. The third-order valence-electron chi connectivity index (χ3n) is 4.40. The lowest BCUT2D eigenvalue weighted by Crippen LogP contribution is -2.44. The van der Waals surface area contributed by atoms with E-state index in [2.05, 4.69) is 17.4 Å². The molecule has 1 aromatic rings. The fraction of sp³-hybridized carbons (Fsp3) is 0.579. The van der Waals surface area contributed by atoms with E-state index in [1.807, 2.05) is 50.8 Å². The molecule has 126 valence electrons. The van der Waals surface area contributed by atoms with E-state index in [1.54, 1.807) is 0 Å². The van der Waals surface area contributed by atoms with Crippen molar-refractivity contribution in [3.63, 3.8) is 0 Å². The van der Waals surface area contributed by atoms with Gasteiger partial charge in [0.15, 0.2) is 0 Å². The molecule has 2 atom stereocenters. The largest absolute Gasteiger partial charge is 0.353 e. The van der Waals surface area contributed by atoms with Gasteiger partial charge in [0.05, 0.1) is 5.92 Å². The van der Waals surface area contributed by atoms with Crippen LogP contribution in [-0.4, -0.2) is 34.8 Å². The number of benzene rings is 1. The molecule has 1 aromatic carbocycles. The van der Waals surface area contributed by atoms with Crippen LogP contribution in [0.3, 0.4) is 0 Å². The number of nitrogens with one attached hydrogen (secondary N) is 1. The number of hydrogen-bond donors (Lipinski definition) is 1. The van der Waals surface area contributed by atoms with E-state index in [9.17, 15) is 9.59 Å². The molecule has 0 spiro atoms. The fourth-order valence-corrected chi connectivity index (χ4v) is 2.99. The van der Waals surface area contributed by atoms with Crippen molar-refractivity contribution < 1.29 is 9.59 Å². The quantitative estimate of drug-likeness (QED) is 0.908. The van der Waals surface area contributed by atoms with E-state index in [0.29, 0.717) is 13.0 Å². The minimum Gasteiger partial charge on any atom is -0.353 e. The minimum absolute atomic E-state index is 0.00524. The topological polar surface area (TPSA) is 49.4 Å². The van der Waals surface area contributed by atoms with E-state index in [-0.39, 0.29) is 29.3 Å². The highest BCUT2D eigenvalue weighted by Gasteiger charge is 2.39. The third-order valence-corrected chi connectivity index (χ3v) is 4.40. The summed E-state index contributed by atoms with van der Waals surface area (Å²) in [5.74, 6) is -0.138. The number of nitrogens with zero attached hydrogens (tertiary/aromatic N) is 1. The van der Waals surface area contributed by atoms with Crippen LogP contribution >= 0.6 is 0 Å². The van der Waals surface area contributed by atoms with Crippen molar-refractivity contribution in [3.05, 3.63) is 35.9 Å². The zero-order valence-corrected chi connectivity index (χ0v) is 14.6. The molecule has 1 aliphatic heterocycles. The van der Waals surface area contributed by atoms with E-state index in [4.69, 9.17) is 0 Å².